The third kappa shape index (κ3) is 2.28. The minimum absolute atomic E-state index is 0.260. The van der Waals surface area contributed by atoms with E-state index in [1.54, 1.807) is 18.4 Å². The minimum atomic E-state index is 0.260. The van der Waals surface area contributed by atoms with E-state index in [-0.39, 0.29) is 6.04 Å². The van der Waals surface area contributed by atoms with Crippen molar-refractivity contribution in [1.29, 1.82) is 0 Å². The molecule has 0 bridgehead atoms. The number of likely N-dealkylation sites (N-methyl/N-ethyl adjacent to an activating group) is 1. The summed E-state index contributed by atoms with van der Waals surface area (Å²) in [5, 5.41) is 19.7. The molecule has 5 nitrogen and oxygen atoms in total. The first-order valence-electron chi connectivity index (χ1n) is 5.13. The molecule has 0 saturated heterocycles. The Balaban J connectivity index is 2.15. The third-order valence-electron chi connectivity index (χ3n) is 2.56. The highest BCUT2D eigenvalue weighted by molar-refractivity contribution is 7.08. The Labute approximate surface area is 98.5 Å². The second-order valence-corrected chi connectivity index (χ2v) is 4.49. The summed E-state index contributed by atoms with van der Waals surface area (Å²) in [4.78, 5) is 1.49. The summed E-state index contributed by atoms with van der Waals surface area (Å²) in [5.41, 5.74) is 2.63. The standard InChI is InChI=1S/C10H15N5S/c1-7-5-16-6-8(7)9(11-2)4-10-12-14-15(3)13-10/h5-6,9,11H,4H2,1-3H3. The molecule has 1 N–H and O–H groups in total. The fourth-order valence-electron chi connectivity index (χ4n) is 1.68. The van der Waals surface area contributed by atoms with E-state index in [9.17, 15) is 0 Å². The van der Waals surface area contributed by atoms with Crippen molar-refractivity contribution in [1.82, 2.24) is 25.5 Å². The summed E-state index contributed by atoms with van der Waals surface area (Å²) in [6, 6.07) is 0.260. The lowest BCUT2D eigenvalue weighted by Gasteiger charge is -2.13. The molecule has 2 rings (SSSR count). The number of aromatic nitrogens is 4. The molecule has 0 amide bonds. The van der Waals surface area contributed by atoms with Crippen LogP contribution in [0.15, 0.2) is 10.8 Å². The van der Waals surface area contributed by atoms with Gasteiger partial charge in [-0.15, -0.1) is 10.2 Å². The van der Waals surface area contributed by atoms with E-state index in [0.29, 0.717) is 0 Å². The van der Waals surface area contributed by atoms with Crippen molar-refractivity contribution >= 4 is 11.3 Å². The molecule has 0 saturated carbocycles. The van der Waals surface area contributed by atoms with E-state index in [2.05, 4.69) is 38.4 Å². The second-order valence-electron chi connectivity index (χ2n) is 3.75. The lowest BCUT2D eigenvalue weighted by molar-refractivity contribution is 0.569. The van der Waals surface area contributed by atoms with Crippen LogP contribution in [-0.2, 0) is 13.5 Å². The first kappa shape index (κ1) is 11.2. The van der Waals surface area contributed by atoms with Gasteiger partial charge in [0, 0.05) is 12.5 Å². The molecule has 2 heterocycles. The van der Waals surface area contributed by atoms with Crippen LogP contribution in [0.4, 0.5) is 0 Å². The van der Waals surface area contributed by atoms with Gasteiger partial charge in [0.2, 0.25) is 0 Å². The van der Waals surface area contributed by atoms with E-state index in [0.717, 1.165) is 12.2 Å². The highest BCUT2D eigenvalue weighted by atomic mass is 32.1. The number of hydrogen-bond acceptors (Lipinski definition) is 5. The number of aryl methyl sites for hydroxylation is 2. The zero-order valence-electron chi connectivity index (χ0n) is 9.64. The number of thiophene rings is 1. The molecular weight excluding hydrogens is 222 g/mol. The van der Waals surface area contributed by atoms with E-state index in [1.165, 1.54) is 15.9 Å². The predicted octanol–water partition coefficient (Wildman–Crippen LogP) is 1.08. The number of nitrogens with one attached hydrogen (secondary N) is 1. The van der Waals surface area contributed by atoms with Gasteiger partial charge in [-0.25, -0.2) is 0 Å². The maximum atomic E-state index is 4.20. The van der Waals surface area contributed by atoms with Crippen molar-refractivity contribution < 1.29 is 0 Å². The number of tetrazole rings is 1. The van der Waals surface area contributed by atoms with Crippen LogP contribution in [0.25, 0.3) is 0 Å². The van der Waals surface area contributed by atoms with E-state index < -0.39 is 0 Å². The fraction of sp³-hybridized carbons (Fsp3) is 0.500. The van der Waals surface area contributed by atoms with Crippen LogP contribution in [0.5, 0.6) is 0 Å². The largest absolute Gasteiger partial charge is 0.313 e. The lowest BCUT2D eigenvalue weighted by Crippen LogP contribution is -2.19. The van der Waals surface area contributed by atoms with Gasteiger partial charge in [0.05, 0.1) is 7.05 Å². The summed E-state index contributed by atoms with van der Waals surface area (Å²) in [5.74, 6) is 0.771. The van der Waals surface area contributed by atoms with Crippen LogP contribution in [0.1, 0.15) is 23.0 Å². The van der Waals surface area contributed by atoms with Crippen molar-refractivity contribution in [2.45, 2.75) is 19.4 Å². The molecule has 0 radical (unpaired) electrons. The molecule has 0 aliphatic rings. The maximum Gasteiger partial charge on any atom is 0.176 e. The summed E-state index contributed by atoms with van der Waals surface area (Å²) in [7, 11) is 3.73. The Morgan fingerprint density at radius 2 is 2.31 bits per heavy atom. The van der Waals surface area contributed by atoms with Crippen LogP contribution in [0.3, 0.4) is 0 Å². The molecule has 1 atom stereocenters. The first-order valence-corrected chi connectivity index (χ1v) is 6.08. The highest BCUT2D eigenvalue weighted by Crippen LogP contribution is 2.23. The van der Waals surface area contributed by atoms with Gasteiger partial charge in [-0.1, -0.05) is 0 Å². The summed E-state index contributed by atoms with van der Waals surface area (Å²) >= 11 is 1.72. The normalized spacial score (nSPS) is 12.9. The maximum absolute atomic E-state index is 4.20. The molecule has 1 unspecified atom stereocenters. The molecule has 0 fully saturated rings. The zero-order chi connectivity index (χ0) is 11.5. The molecule has 0 aliphatic heterocycles. The second kappa shape index (κ2) is 4.71. The Morgan fingerprint density at radius 1 is 1.50 bits per heavy atom. The number of rotatable bonds is 4. The smallest absolute Gasteiger partial charge is 0.176 e. The van der Waals surface area contributed by atoms with Crippen LogP contribution < -0.4 is 5.32 Å². The SMILES string of the molecule is CNC(Cc1nnn(C)n1)c1cscc1C. The fourth-order valence-corrected chi connectivity index (χ4v) is 2.59. The lowest BCUT2D eigenvalue weighted by atomic mass is 10.0. The monoisotopic (exact) mass is 237 g/mol. The Bertz CT molecular complexity index is 461. The van der Waals surface area contributed by atoms with Crippen molar-refractivity contribution in [3.05, 3.63) is 27.7 Å². The molecule has 2 aromatic rings. The van der Waals surface area contributed by atoms with Crippen molar-refractivity contribution in [2.75, 3.05) is 7.05 Å². The zero-order valence-corrected chi connectivity index (χ0v) is 10.5. The van der Waals surface area contributed by atoms with E-state index in [1.807, 2.05) is 7.05 Å². The molecular formula is C10H15N5S. The van der Waals surface area contributed by atoms with Crippen molar-refractivity contribution in [3.8, 4) is 0 Å². The third-order valence-corrected chi connectivity index (χ3v) is 3.44. The van der Waals surface area contributed by atoms with Crippen molar-refractivity contribution in [3.63, 3.8) is 0 Å². The van der Waals surface area contributed by atoms with Gasteiger partial charge >= 0.3 is 0 Å². The number of hydrogen-bond donors (Lipinski definition) is 1. The van der Waals surface area contributed by atoms with Gasteiger partial charge in [0.15, 0.2) is 5.82 Å². The van der Waals surface area contributed by atoms with Gasteiger partial charge < -0.3 is 5.32 Å². The molecule has 0 aromatic carbocycles. The van der Waals surface area contributed by atoms with Crippen molar-refractivity contribution in [2.24, 2.45) is 7.05 Å². The molecule has 0 spiro atoms. The first-order chi connectivity index (χ1) is 7.70. The average Bonchev–Trinajstić information content (AvgIpc) is 2.84. The van der Waals surface area contributed by atoms with Gasteiger partial charge in [-0.05, 0) is 41.1 Å². The van der Waals surface area contributed by atoms with Gasteiger partial charge in [-0.2, -0.15) is 16.1 Å². The van der Waals surface area contributed by atoms with Gasteiger partial charge in [-0.3, -0.25) is 0 Å². The highest BCUT2D eigenvalue weighted by Gasteiger charge is 2.15. The molecule has 0 aliphatic carbocycles. The Hall–Kier alpha value is -1.27. The number of nitrogens with zero attached hydrogens (tertiary/aromatic N) is 4. The summed E-state index contributed by atoms with van der Waals surface area (Å²) in [6.07, 6.45) is 0.766. The summed E-state index contributed by atoms with van der Waals surface area (Å²) < 4.78 is 0. The molecule has 86 valence electrons. The molecule has 2 aromatic heterocycles. The van der Waals surface area contributed by atoms with E-state index >= 15 is 0 Å². The minimum Gasteiger partial charge on any atom is -0.313 e. The van der Waals surface area contributed by atoms with Gasteiger partial charge in [0.1, 0.15) is 0 Å². The Kier molecular flexibility index (Phi) is 3.31. The molecule has 16 heavy (non-hydrogen) atoms. The van der Waals surface area contributed by atoms with Crippen LogP contribution in [0, 0.1) is 6.92 Å². The summed E-state index contributed by atoms with van der Waals surface area (Å²) in [6.45, 7) is 2.13. The predicted molar refractivity (Wildman–Crippen MR) is 63.4 cm³/mol. The quantitative estimate of drug-likeness (QED) is 0.864. The Morgan fingerprint density at radius 3 is 2.81 bits per heavy atom. The topological polar surface area (TPSA) is 55.6 Å². The van der Waals surface area contributed by atoms with Crippen LogP contribution >= 0.6 is 11.3 Å². The van der Waals surface area contributed by atoms with E-state index in [4.69, 9.17) is 0 Å². The molecule has 6 heteroatoms. The van der Waals surface area contributed by atoms with Crippen LogP contribution in [0.2, 0.25) is 0 Å². The van der Waals surface area contributed by atoms with Crippen LogP contribution in [-0.4, -0.2) is 27.3 Å². The average molecular weight is 237 g/mol. The van der Waals surface area contributed by atoms with Gasteiger partial charge in [0.25, 0.3) is 0 Å².